The third kappa shape index (κ3) is 11.2. The van der Waals surface area contributed by atoms with E-state index in [-0.39, 0.29) is 23.9 Å². The molecule has 166 valence electrons. The molecular weight excluding hydrogens is 432 g/mol. The quantitative estimate of drug-likeness (QED) is 0.351. The van der Waals surface area contributed by atoms with Gasteiger partial charge in [-0.3, -0.25) is 14.0 Å². The highest BCUT2D eigenvalue weighted by Crippen LogP contribution is 2.37. The van der Waals surface area contributed by atoms with Crippen LogP contribution in [0.3, 0.4) is 0 Å². The molecule has 29 heavy (non-hydrogen) atoms. The number of amides is 1. The van der Waals surface area contributed by atoms with Crippen LogP contribution in [0, 0.1) is 0 Å². The van der Waals surface area contributed by atoms with Crippen LogP contribution < -0.4 is 0 Å². The molecule has 0 radical (unpaired) electrons. The van der Waals surface area contributed by atoms with E-state index < -0.39 is 10.1 Å². The lowest BCUT2D eigenvalue weighted by Crippen LogP contribution is -2.29. The van der Waals surface area contributed by atoms with Crippen LogP contribution in [-0.2, 0) is 38.7 Å². The molecule has 0 saturated carbocycles. The van der Waals surface area contributed by atoms with E-state index in [1.54, 1.807) is 38.6 Å². The Labute approximate surface area is 182 Å². The van der Waals surface area contributed by atoms with Gasteiger partial charge < -0.3 is 10.0 Å². The third-order valence-electron chi connectivity index (χ3n) is 4.21. The summed E-state index contributed by atoms with van der Waals surface area (Å²) in [6.45, 7) is 4.52. The number of aliphatic hydroxyl groups is 1. The molecule has 0 aromatic carbocycles. The van der Waals surface area contributed by atoms with Crippen molar-refractivity contribution in [2.24, 2.45) is 0 Å². The predicted molar refractivity (Wildman–Crippen MR) is 120 cm³/mol. The molecule has 1 heterocycles. The van der Waals surface area contributed by atoms with Crippen LogP contribution in [0.5, 0.6) is 0 Å². The molecule has 1 rings (SSSR count). The number of rotatable bonds is 13. The van der Waals surface area contributed by atoms with Gasteiger partial charge in [-0.15, -0.1) is 0 Å². The molecular formula is C19H32N2O5S3. The SMILES string of the molecule is CSSC(C)(C)CCC(=O)N(C)CCCc1cc(CO)nc(COS(C)(=O)=O)c1. The fourth-order valence-corrected chi connectivity index (χ4v) is 5.27. The molecule has 1 aromatic rings. The highest BCUT2D eigenvalue weighted by atomic mass is 33.1. The predicted octanol–water partition coefficient (Wildman–Crippen LogP) is 3.01. The van der Waals surface area contributed by atoms with Crippen molar-refractivity contribution in [2.45, 2.75) is 57.5 Å². The third-order valence-corrected chi connectivity index (χ3v) is 7.43. The molecule has 1 amide bonds. The molecule has 0 unspecified atom stereocenters. The number of nitrogens with zero attached hydrogens (tertiary/aromatic N) is 2. The summed E-state index contributed by atoms with van der Waals surface area (Å²) in [7, 11) is 1.75. The van der Waals surface area contributed by atoms with E-state index in [0.29, 0.717) is 30.8 Å². The number of hydrogen-bond acceptors (Lipinski definition) is 8. The van der Waals surface area contributed by atoms with E-state index in [1.807, 2.05) is 13.3 Å². The fourth-order valence-electron chi connectivity index (χ4n) is 2.70. The largest absolute Gasteiger partial charge is 0.390 e. The molecule has 0 bridgehead atoms. The topological polar surface area (TPSA) is 96.8 Å². The Balaban J connectivity index is 2.56. The minimum absolute atomic E-state index is 0.0676. The lowest BCUT2D eigenvalue weighted by atomic mass is 10.1. The molecule has 0 spiro atoms. The number of carbonyl (C=O) groups excluding carboxylic acids is 1. The molecule has 0 aliphatic rings. The fraction of sp³-hybridized carbons (Fsp3) is 0.684. The lowest BCUT2D eigenvalue weighted by Gasteiger charge is -2.24. The second kappa shape index (κ2) is 12.1. The summed E-state index contributed by atoms with van der Waals surface area (Å²) in [6, 6.07) is 3.56. The number of aliphatic hydroxyl groups excluding tert-OH is 1. The van der Waals surface area contributed by atoms with Crippen LogP contribution in [0.2, 0.25) is 0 Å². The number of aromatic nitrogens is 1. The number of carbonyl (C=O) groups is 1. The Morgan fingerprint density at radius 2 is 1.97 bits per heavy atom. The molecule has 0 atom stereocenters. The second-order valence-electron chi connectivity index (χ2n) is 7.51. The smallest absolute Gasteiger partial charge is 0.264 e. The summed E-state index contributed by atoms with van der Waals surface area (Å²) in [5, 5.41) is 9.39. The van der Waals surface area contributed by atoms with Crippen LogP contribution in [0.15, 0.2) is 12.1 Å². The molecule has 0 aliphatic heterocycles. The average Bonchev–Trinajstić information content (AvgIpc) is 2.63. The molecule has 1 aromatic heterocycles. The zero-order chi connectivity index (χ0) is 22.1. The van der Waals surface area contributed by atoms with E-state index in [4.69, 9.17) is 4.18 Å². The number of hydrogen-bond donors (Lipinski definition) is 1. The van der Waals surface area contributed by atoms with Crippen molar-refractivity contribution in [1.82, 2.24) is 9.88 Å². The first-order valence-electron chi connectivity index (χ1n) is 9.35. The van der Waals surface area contributed by atoms with Gasteiger partial charge in [0, 0.05) is 24.8 Å². The van der Waals surface area contributed by atoms with Gasteiger partial charge >= 0.3 is 0 Å². The van der Waals surface area contributed by atoms with Gasteiger partial charge in [0.1, 0.15) is 6.61 Å². The van der Waals surface area contributed by atoms with Crippen LogP contribution in [-0.4, -0.2) is 60.2 Å². The first kappa shape index (κ1) is 26.2. The monoisotopic (exact) mass is 464 g/mol. The van der Waals surface area contributed by atoms with E-state index >= 15 is 0 Å². The number of pyridine rings is 1. The molecule has 1 N–H and O–H groups in total. The molecule has 0 saturated heterocycles. The lowest BCUT2D eigenvalue weighted by molar-refractivity contribution is -0.130. The first-order chi connectivity index (χ1) is 13.5. The maximum Gasteiger partial charge on any atom is 0.264 e. The van der Waals surface area contributed by atoms with Crippen molar-refractivity contribution in [2.75, 3.05) is 26.1 Å². The van der Waals surface area contributed by atoms with Crippen molar-refractivity contribution in [3.8, 4) is 0 Å². The Morgan fingerprint density at radius 3 is 2.55 bits per heavy atom. The summed E-state index contributed by atoms with van der Waals surface area (Å²) in [5.41, 5.74) is 1.84. The standard InChI is InChI=1S/C19H32N2O5S3/c1-19(2,28-27-4)9-8-18(23)21(3)10-6-7-15-11-16(13-22)20-17(12-15)14-26-29(5,24)25/h11-12,22H,6-10,13-14H2,1-5H3. The summed E-state index contributed by atoms with van der Waals surface area (Å²) in [6.07, 6.45) is 5.82. The van der Waals surface area contributed by atoms with Crippen molar-refractivity contribution in [3.05, 3.63) is 29.1 Å². The second-order valence-corrected chi connectivity index (χ2v) is 12.3. The van der Waals surface area contributed by atoms with Crippen molar-refractivity contribution >= 4 is 37.6 Å². The average molecular weight is 465 g/mol. The van der Waals surface area contributed by atoms with E-state index in [0.717, 1.165) is 24.7 Å². The zero-order valence-corrected chi connectivity index (χ0v) is 20.3. The van der Waals surface area contributed by atoms with Gasteiger partial charge in [-0.2, -0.15) is 8.42 Å². The van der Waals surface area contributed by atoms with E-state index in [1.165, 1.54) is 0 Å². The molecule has 7 nitrogen and oxygen atoms in total. The van der Waals surface area contributed by atoms with Gasteiger partial charge in [0.2, 0.25) is 5.91 Å². The van der Waals surface area contributed by atoms with Gasteiger partial charge in [0.05, 0.1) is 24.3 Å². The Bertz CT molecular complexity index is 769. The maximum absolute atomic E-state index is 12.4. The van der Waals surface area contributed by atoms with Gasteiger partial charge in [-0.25, -0.2) is 0 Å². The number of aryl methyl sites for hydroxylation is 1. The van der Waals surface area contributed by atoms with Gasteiger partial charge in [0.25, 0.3) is 10.1 Å². The van der Waals surface area contributed by atoms with Crippen molar-refractivity contribution in [3.63, 3.8) is 0 Å². The Hall–Kier alpha value is -0.810. The van der Waals surface area contributed by atoms with Crippen LogP contribution >= 0.6 is 21.6 Å². The van der Waals surface area contributed by atoms with Gasteiger partial charge in [-0.1, -0.05) is 21.6 Å². The zero-order valence-electron chi connectivity index (χ0n) is 17.8. The summed E-state index contributed by atoms with van der Waals surface area (Å²) >= 11 is 0. The summed E-state index contributed by atoms with van der Waals surface area (Å²) < 4.78 is 27.2. The van der Waals surface area contributed by atoms with Gasteiger partial charge in [0.15, 0.2) is 0 Å². The Kier molecular flexibility index (Phi) is 11.0. The van der Waals surface area contributed by atoms with Crippen LogP contribution in [0.25, 0.3) is 0 Å². The van der Waals surface area contributed by atoms with Gasteiger partial charge in [-0.05, 0) is 57.1 Å². The van der Waals surface area contributed by atoms with Crippen LogP contribution in [0.1, 0.15) is 50.1 Å². The van der Waals surface area contributed by atoms with Crippen molar-refractivity contribution < 1.29 is 22.5 Å². The highest BCUT2D eigenvalue weighted by molar-refractivity contribution is 8.76. The van der Waals surface area contributed by atoms with E-state index in [9.17, 15) is 18.3 Å². The van der Waals surface area contributed by atoms with Crippen molar-refractivity contribution in [1.29, 1.82) is 0 Å². The minimum atomic E-state index is -3.56. The minimum Gasteiger partial charge on any atom is -0.390 e. The van der Waals surface area contributed by atoms with E-state index in [2.05, 4.69) is 18.8 Å². The van der Waals surface area contributed by atoms with Crippen LogP contribution in [0.4, 0.5) is 0 Å². The highest BCUT2D eigenvalue weighted by Gasteiger charge is 2.20. The Morgan fingerprint density at radius 1 is 1.31 bits per heavy atom. The normalized spacial score (nSPS) is 12.2. The summed E-state index contributed by atoms with van der Waals surface area (Å²) in [5.74, 6) is 0.132. The maximum atomic E-state index is 12.4. The molecule has 10 heteroatoms. The first-order valence-corrected chi connectivity index (χ1v) is 13.7. The molecule has 0 aliphatic carbocycles. The summed E-state index contributed by atoms with van der Waals surface area (Å²) in [4.78, 5) is 18.3. The molecule has 0 fully saturated rings.